The summed E-state index contributed by atoms with van der Waals surface area (Å²) in [6, 6.07) is 0. The minimum absolute atomic E-state index is 0.0167. The molecule has 1 fully saturated rings. The number of carbonyl (C=O) groups excluding carboxylic acids is 2. The Bertz CT molecular complexity index is 837. The summed E-state index contributed by atoms with van der Waals surface area (Å²) in [4.78, 5) is 27.3. The van der Waals surface area contributed by atoms with Crippen LogP contribution in [-0.4, -0.2) is 68.7 Å². The Labute approximate surface area is 354 Å². The molecule has 1 heterocycles. The van der Waals surface area contributed by atoms with Crippen molar-refractivity contribution in [2.75, 3.05) is 40.0 Å². The summed E-state index contributed by atoms with van der Waals surface area (Å²) in [5.74, 6) is 0.915. The van der Waals surface area contributed by atoms with Crippen LogP contribution in [0.25, 0.3) is 0 Å². The lowest BCUT2D eigenvalue weighted by Crippen LogP contribution is -2.32. The molecular formula is C50H97NO6. The Balaban J connectivity index is 2.34. The smallest absolute Gasteiger partial charge is 0.305 e. The van der Waals surface area contributed by atoms with Gasteiger partial charge in [-0.1, -0.05) is 176 Å². The third kappa shape index (κ3) is 30.5. The number of ether oxygens (including phenoxy) is 4. The zero-order valence-electron chi connectivity index (χ0n) is 39.0. The Hall–Kier alpha value is -1.18. The highest BCUT2D eigenvalue weighted by Crippen LogP contribution is 2.36. The van der Waals surface area contributed by atoms with E-state index >= 15 is 0 Å². The van der Waals surface area contributed by atoms with E-state index in [0.717, 1.165) is 109 Å². The van der Waals surface area contributed by atoms with Crippen molar-refractivity contribution in [3.63, 3.8) is 0 Å². The first-order valence-electron chi connectivity index (χ1n) is 25.1. The number of hydrogen-bond donors (Lipinski definition) is 0. The second kappa shape index (κ2) is 37.8. The lowest BCUT2D eigenvalue weighted by Gasteiger charge is -2.29. The predicted octanol–water partition coefficient (Wildman–Crippen LogP) is 14.3. The van der Waals surface area contributed by atoms with E-state index < -0.39 is 5.79 Å². The summed E-state index contributed by atoms with van der Waals surface area (Å²) in [6.45, 7) is 15.2. The quantitative estimate of drug-likeness (QED) is 0.0449. The minimum Gasteiger partial charge on any atom is -0.466 e. The van der Waals surface area contributed by atoms with E-state index in [2.05, 4.69) is 46.6 Å². The second-order valence-corrected chi connectivity index (χ2v) is 17.9. The summed E-state index contributed by atoms with van der Waals surface area (Å²) in [6.07, 6.45) is 37.5. The van der Waals surface area contributed by atoms with Crippen LogP contribution in [0.2, 0.25) is 0 Å². The molecule has 0 spiro atoms. The lowest BCUT2D eigenvalue weighted by molar-refractivity contribution is -0.180. The Morgan fingerprint density at radius 3 is 1.37 bits per heavy atom. The molecule has 1 aliphatic rings. The fourth-order valence-corrected chi connectivity index (χ4v) is 8.48. The molecule has 7 heteroatoms. The summed E-state index contributed by atoms with van der Waals surface area (Å²) >= 11 is 0. The molecule has 0 saturated carbocycles. The third-order valence-electron chi connectivity index (χ3n) is 12.6. The number of unbranched alkanes of at least 4 members (excludes halogenated alkanes) is 16. The first-order valence-corrected chi connectivity index (χ1v) is 25.1. The van der Waals surface area contributed by atoms with E-state index in [1.807, 2.05) is 0 Å². The van der Waals surface area contributed by atoms with Crippen LogP contribution in [0, 0.1) is 11.8 Å². The van der Waals surface area contributed by atoms with Gasteiger partial charge >= 0.3 is 11.9 Å². The highest BCUT2D eigenvalue weighted by atomic mass is 16.7. The lowest BCUT2D eigenvalue weighted by atomic mass is 9.92. The van der Waals surface area contributed by atoms with Crippen molar-refractivity contribution in [3.8, 4) is 0 Å². The van der Waals surface area contributed by atoms with E-state index in [9.17, 15) is 9.59 Å². The van der Waals surface area contributed by atoms with Crippen LogP contribution in [0.1, 0.15) is 247 Å². The van der Waals surface area contributed by atoms with Gasteiger partial charge < -0.3 is 23.8 Å². The molecule has 0 aliphatic carbocycles. The fraction of sp³-hybridized carbons (Fsp3) is 0.960. The maximum Gasteiger partial charge on any atom is 0.305 e. The first kappa shape index (κ1) is 53.8. The van der Waals surface area contributed by atoms with Gasteiger partial charge in [-0.2, -0.15) is 0 Å². The van der Waals surface area contributed by atoms with Gasteiger partial charge in [0.15, 0.2) is 5.79 Å². The molecule has 0 radical (unpaired) electrons. The van der Waals surface area contributed by atoms with Crippen LogP contribution in [0.5, 0.6) is 0 Å². The summed E-state index contributed by atoms with van der Waals surface area (Å²) in [5.41, 5.74) is 0. The van der Waals surface area contributed by atoms with E-state index in [-0.39, 0.29) is 18.0 Å². The molecule has 1 saturated heterocycles. The third-order valence-corrected chi connectivity index (χ3v) is 12.6. The molecule has 0 aromatic rings. The van der Waals surface area contributed by atoms with Crippen molar-refractivity contribution in [1.29, 1.82) is 0 Å². The topological polar surface area (TPSA) is 74.3 Å². The molecular weight excluding hydrogens is 711 g/mol. The van der Waals surface area contributed by atoms with Crippen LogP contribution in [0.15, 0.2) is 0 Å². The summed E-state index contributed by atoms with van der Waals surface area (Å²) in [7, 11) is 2.17. The molecule has 0 amide bonds. The largest absolute Gasteiger partial charge is 0.466 e. The van der Waals surface area contributed by atoms with Crippen molar-refractivity contribution in [2.45, 2.75) is 258 Å². The molecule has 1 aliphatic heterocycles. The number of nitrogens with zero attached hydrogens (tertiary/aromatic N) is 1. The molecule has 7 nitrogen and oxygen atoms in total. The van der Waals surface area contributed by atoms with Crippen LogP contribution in [-0.2, 0) is 28.5 Å². The second-order valence-electron chi connectivity index (χ2n) is 17.9. The minimum atomic E-state index is -0.459. The van der Waals surface area contributed by atoms with Gasteiger partial charge in [-0.05, 0) is 70.4 Å². The highest BCUT2D eigenvalue weighted by molar-refractivity contribution is 5.69. The average Bonchev–Trinajstić information content (AvgIpc) is 3.61. The molecule has 338 valence electrons. The van der Waals surface area contributed by atoms with E-state index in [0.29, 0.717) is 44.5 Å². The van der Waals surface area contributed by atoms with Crippen molar-refractivity contribution >= 4 is 11.9 Å². The van der Waals surface area contributed by atoms with Gasteiger partial charge in [0.1, 0.15) is 0 Å². The number of carbonyl (C=O) groups is 2. The monoisotopic (exact) mass is 808 g/mol. The number of esters is 2. The van der Waals surface area contributed by atoms with Gasteiger partial charge in [-0.15, -0.1) is 0 Å². The Kier molecular flexibility index (Phi) is 35.7. The molecule has 0 N–H and O–H groups in total. The maximum absolute atomic E-state index is 12.5. The maximum atomic E-state index is 12.5. The van der Waals surface area contributed by atoms with Crippen LogP contribution in [0.4, 0.5) is 0 Å². The van der Waals surface area contributed by atoms with Crippen LogP contribution < -0.4 is 0 Å². The highest BCUT2D eigenvalue weighted by Gasteiger charge is 2.40. The zero-order chi connectivity index (χ0) is 41.7. The Morgan fingerprint density at radius 1 is 0.561 bits per heavy atom. The van der Waals surface area contributed by atoms with Crippen molar-refractivity contribution in [1.82, 2.24) is 4.90 Å². The Morgan fingerprint density at radius 2 is 0.965 bits per heavy atom. The molecule has 0 aromatic heterocycles. The van der Waals surface area contributed by atoms with Gasteiger partial charge in [0.05, 0.1) is 25.9 Å². The molecule has 0 unspecified atom stereocenters. The molecule has 57 heavy (non-hydrogen) atoms. The van der Waals surface area contributed by atoms with Gasteiger partial charge in [-0.3, -0.25) is 9.59 Å². The van der Waals surface area contributed by atoms with Crippen LogP contribution >= 0.6 is 0 Å². The SMILES string of the molecule is CCCCCC(CCCCC)CCOC(=O)CCCCCCCC1(CCCCCCCC(=O)OCCC(CCCCC)CCCCC)OC[C@H](CCN(C)CC)O1. The first-order chi connectivity index (χ1) is 27.8. The average molecular weight is 808 g/mol. The molecule has 1 atom stereocenters. The normalized spacial score (nSPS) is 15.4. The van der Waals surface area contributed by atoms with Crippen molar-refractivity contribution in [3.05, 3.63) is 0 Å². The summed E-state index contributed by atoms with van der Waals surface area (Å²) < 4.78 is 24.6. The van der Waals surface area contributed by atoms with Crippen molar-refractivity contribution < 1.29 is 28.5 Å². The summed E-state index contributed by atoms with van der Waals surface area (Å²) in [5, 5.41) is 0. The van der Waals surface area contributed by atoms with E-state index in [1.165, 1.54) is 103 Å². The van der Waals surface area contributed by atoms with Crippen molar-refractivity contribution in [2.24, 2.45) is 11.8 Å². The fourth-order valence-electron chi connectivity index (χ4n) is 8.48. The van der Waals surface area contributed by atoms with Gasteiger partial charge in [0.2, 0.25) is 0 Å². The van der Waals surface area contributed by atoms with Crippen LogP contribution in [0.3, 0.4) is 0 Å². The van der Waals surface area contributed by atoms with E-state index in [4.69, 9.17) is 18.9 Å². The number of hydrogen-bond acceptors (Lipinski definition) is 7. The molecule has 0 aromatic carbocycles. The standard InChI is InChI=1S/C50H97NO6/c1-7-12-22-30-45(31-23-13-8-2)37-42-54-48(52)34-26-18-16-20-28-39-50(56-44-47(57-50)36-41-51(6)11-5)40-29-21-17-19-27-35-49(53)55-43-38-46(32-24-14-9-3)33-25-15-10-4/h45-47H,7-44H2,1-6H3/t47-/m0/s1. The molecule has 0 bridgehead atoms. The number of rotatable bonds is 42. The predicted molar refractivity (Wildman–Crippen MR) is 241 cm³/mol. The van der Waals surface area contributed by atoms with Gasteiger partial charge in [0.25, 0.3) is 0 Å². The molecule has 1 rings (SSSR count). The van der Waals surface area contributed by atoms with Gasteiger partial charge in [0, 0.05) is 32.2 Å². The van der Waals surface area contributed by atoms with Gasteiger partial charge in [-0.25, -0.2) is 0 Å². The van der Waals surface area contributed by atoms with E-state index in [1.54, 1.807) is 0 Å². The zero-order valence-corrected chi connectivity index (χ0v) is 39.0.